The van der Waals surface area contributed by atoms with Crippen LogP contribution in [0.4, 0.5) is 4.39 Å². The Labute approximate surface area is 163 Å². The molecule has 1 N–H and O–H groups in total. The molecule has 1 saturated heterocycles. The molecule has 0 amide bonds. The third-order valence-electron chi connectivity index (χ3n) is 5.21. The fourth-order valence-electron chi connectivity index (χ4n) is 3.90. The van der Waals surface area contributed by atoms with Gasteiger partial charge >= 0.3 is 0 Å². The number of halogens is 2. The normalized spacial score (nSPS) is 15.9. The maximum absolute atomic E-state index is 13.5. The van der Waals surface area contributed by atoms with E-state index in [0.717, 1.165) is 48.2 Å². The summed E-state index contributed by atoms with van der Waals surface area (Å²) in [5, 5.41) is 9.57. The molecule has 1 fully saturated rings. The molecular weight excluding hydrogens is 444 g/mol. The topological polar surface area (TPSA) is 42.8 Å². The van der Waals surface area contributed by atoms with Gasteiger partial charge in [-0.05, 0) is 71.8 Å². The molecule has 6 heteroatoms. The van der Waals surface area contributed by atoms with E-state index in [1.807, 2.05) is 18.3 Å². The number of fused-ring (bicyclic) bond motifs is 2. The smallest absolute Gasteiger partial charge is 0.123 e. The molecule has 0 spiro atoms. The standard InChI is InChI=1S/C20H17FIN3O/c21-14-1-3-15(4-2-14)25-17(12-5-7-26-8-6-12)10-16-18(25)9-13-11-23-24-20(13)19(16)22/h1-4,9-12H,5-8H2,(H,23,24). The van der Waals surface area contributed by atoms with E-state index in [0.29, 0.717) is 5.92 Å². The maximum Gasteiger partial charge on any atom is 0.123 e. The van der Waals surface area contributed by atoms with E-state index in [1.165, 1.54) is 26.8 Å². The minimum atomic E-state index is -0.218. The van der Waals surface area contributed by atoms with E-state index in [2.05, 4.69) is 49.5 Å². The number of H-pyrrole nitrogens is 1. The predicted octanol–water partition coefficient (Wildman–Crippen LogP) is 5.14. The first-order valence-electron chi connectivity index (χ1n) is 8.73. The van der Waals surface area contributed by atoms with Crippen molar-refractivity contribution in [1.29, 1.82) is 0 Å². The van der Waals surface area contributed by atoms with Gasteiger partial charge in [0, 0.05) is 44.9 Å². The highest BCUT2D eigenvalue weighted by atomic mass is 127. The Morgan fingerprint density at radius 3 is 2.69 bits per heavy atom. The molecular formula is C20H17FIN3O. The van der Waals surface area contributed by atoms with Crippen molar-refractivity contribution in [2.24, 2.45) is 0 Å². The van der Waals surface area contributed by atoms with Crippen molar-refractivity contribution in [3.05, 3.63) is 57.7 Å². The van der Waals surface area contributed by atoms with Gasteiger partial charge in [-0.3, -0.25) is 5.10 Å². The van der Waals surface area contributed by atoms with Crippen LogP contribution in [-0.4, -0.2) is 28.0 Å². The van der Waals surface area contributed by atoms with Crippen LogP contribution >= 0.6 is 22.6 Å². The fourth-order valence-corrected chi connectivity index (χ4v) is 4.76. The number of nitrogens with zero attached hydrogens (tertiary/aromatic N) is 2. The second-order valence-corrected chi connectivity index (χ2v) is 7.80. The van der Waals surface area contributed by atoms with Crippen LogP contribution in [-0.2, 0) is 4.74 Å². The van der Waals surface area contributed by atoms with E-state index in [1.54, 1.807) is 0 Å². The van der Waals surface area contributed by atoms with Crippen molar-refractivity contribution >= 4 is 44.4 Å². The van der Waals surface area contributed by atoms with Crippen molar-refractivity contribution in [1.82, 2.24) is 14.8 Å². The van der Waals surface area contributed by atoms with Gasteiger partial charge in [-0.1, -0.05) is 0 Å². The maximum atomic E-state index is 13.5. The monoisotopic (exact) mass is 461 g/mol. The highest BCUT2D eigenvalue weighted by Crippen LogP contribution is 2.38. The summed E-state index contributed by atoms with van der Waals surface area (Å²) < 4.78 is 22.5. The summed E-state index contributed by atoms with van der Waals surface area (Å²) in [4.78, 5) is 0. The number of rotatable bonds is 2. The molecule has 4 nitrogen and oxygen atoms in total. The molecule has 0 aliphatic carbocycles. The van der Waals surface area contributed by atoms with Gasteiger partial charge in [0.2, 0.25) is 0 Å². The summed E-state index contributed by atoms with van der Waals surface area (Å²) in [6.45, 7) is 1.58. The Hall–Kier alpha value is -1.93. The van der Waals surface area contributed by atoms with Crippen LogP contribution < -0.4 is 0 Å². The van der Waals surface area contributed by atoms with Gasteiger partial charge in [0.15, 0.2) is 0 Å². The molecule has 0 bridgehead atoms. The van der Waals surface area contributed by atoms with Gasteiger partial charge in [0.25, 0.3) is 0 Å². The van der Waals surface area contributed by atoms with Crippen LogP contribution in [0.2, 0.25) is 0 Å². The Balaban J connectivity index is 1.82. The first-order valence-corrected chi connectivity index (χ1v) is 9.81. The van der Waals surface area contributed by atoms with Crippen molar-refractivity contribution in [3.63, 3.8) is 0 Å². The number of nitrogens with one attached hydrogen (secondary N) is 1. The van der Waals surface area contributed by atoms with Crippen molar-refractivity contribution in [3.8, 4) is 5.69 Å². The quantitative estimate of drug-likeness (QED) is 0.420. The van der Waals surface area contributed by atoms with E-state index in [9.17, 15) is 4.39 Å². The summed E-state index contributed by atoms with van der Waals surface area (Å²) >= 11 is 2.39. The summed E-state index contributed by atoms with van der Waals surface area (Å²) in [5.41, 5.74) is 4.46. The number of hydrogen-bond acceptors (Lipinski definition) is 2. The minimum absolute atomic E-state index is 0.218. The molecule has 5 rings (SSSR count). The first-order chi connectivity index (χ1) is 12.7. The van der Waals surface area contributed by atoms with Crippen molar-refractivity contribution < 1.29 is 9.13 Å². The van der Waals surface area contributed by atoms with E-state index in [-0.39, 0.29) is 5.82 Å². The van der Waals surface area contributed by atoms with Crippen LogP contribution in [0.1, 0.15) is 24.5 Å². The number of aromatic nitrogens is 3. The second kappa shape index (κ2) is 6.35. The zero-order valence-electron chi connectivity index (χ0n) is 14.0. The zero-order valence-corrected chi connectivity index (χ0v) is 16.2. The lowest BCUT2D eigenvalue weighted by atomic mass is 9.96. The van der Waals surface area contributed by atoms with Crippen LogP contribution in [0.3, 0.4) is 0 Å². The van der Waals surface area contributed by atoms with Crippen LogP contribution in [0, 0.1) is 9.39 Å². The molecule has 2 aromatic heterocycles. The predicted molar refractivity (Wildman–Crippen MR) is 108 cm³/mol. The number of ether oxygens (including phenoxy) is 1. The van der Waals surface area contributed by atoms with Gasteiger partial charge in [-0.2, -0.15) is 5.10 Å². The van der Waals surface area contributed by atoms with Gasteiger partial charge < -0.3 is 9.30 Å². The molecule has 0 radical (unpaired) electrons. The van der Waals surface area contributed by atoms with E-state index < -0.39 is 0 Å². The number of aromatic amines is 1. The van der Waals surface area contributed by atoms with Gasteiger partial charge in [0.1, 0.15) is 5.82 Å². The van der Waals surface area contributed by atoms with Gasteiger partial charge in [-0.25, -0.2) is 4.39 Å². The summed E-state index contributed by atoms with van der Waals surface area (Å²) in [6, 6.07) is 11.2. The Morgan fingerprint density at radius 2 is 1.92 bits per heavy atom. The Bertz CT molecular complexity index is 1090. The van der Waals surface area contributed by atoms with Gasteiger partial charge in [0.05, 0.1) is 17.2 Å². The molecule has 26 heavy (non-hydrogen) atoms. The van der Waals surface area contributed by atoms with Crippen LogP contribution in [0.5, 0.6) is 0 Å². The van der Waals surface area contributed by atoms with Crippen LogP contribution in [0.15, 0.2) is 42.6 Å². The zero-order chi connectivity index (χ0) is 17.7. The average molecular weight is 461 g/mol. The van der Waals surface area contributed by atoms with Crippen molar-refractivity contribution in [2.75, 3.05) is 13.2 Å². The SMILES string of the molecule is Fc1ccc(-n2c(C3CCOCC3)cc3c(I)c4[nH]ncc4cc32)cc1. The molecule has 4 aromatic rings. The molecule has 0 atom stereocenters. The lowest BCUT2D eigenvalue weighted by molar-refractivity contribution is 0.0842. The van der Waals surface area contributed by atoms with Crippen LogP contribution in [0.25, 0.3) is 27.5 Å². The first kappa shape index (κ1) is 16.3. The lowest BCUT2D eigenvalue weighted by Gasteiger charge is -2.24. The fraction of sp³-hybridized carbons (Fsp3) is 0.250. The Morgan fingerprint density at radius 1 is 1.15 bits per heavy atom. The molecule has 0 unspecified atom stereocenters. The molecule has 1 aliphatic heterocycles. The largest absolute Gasteiger partial charge is 0.381 e. The lowest BCUT2D eigenvalue weighted by Crippen LogP contribution is -2.16. The summed E-state index contributed by atoms with van der Waals surface area (Å²) in [5.74, 6) is 0.220. The summed E-state index contributed by atoms with van der Waals surface area (Å²) in [6.07, 6.45) is 3.87. The third kappa shape index (κ3) is 2.54. The molecule has 0 saturated carbocycles. The Kier molecular flexibility index (Phi) is 3.97. The highest BCUT2D eigenvalue weighted by Gasteiger charge is 2.23. The van der Waals surface area contributed by atoms with E-state index >= 15 is 0 Å². The summed E-state index contributed by atoms with van der Waals surface area (Å²) in [7, 11) is 0. The molecule has 132 valence electrons. The highest BCUT2D eigenvalue weighted by molar-refractivity contribution is 14.1. The average Bonchev–Trinajstić information content (AvgIpc) is 3.29. The van der Waals surface area contributed by atoms with E-state index in [4.69, 9.17) is 4.74 Å². The third-order valence-corrected chi connectivity index (χ3v) is 6.33. The minimum Gasteiger partial charge on any atom is -0.381 e. The number of benzene rings is 2. The molecule has 2 aromatic carbocycles. The molecule has 3 heterocycles. The van der Waals surface area contributed by atoms with Gasteiger partial charge in [-0.15, -0.1) is 0 Å². The number of hydrogen-bond donors (Lipinski definition) is 1. The van der Waals surface area contributed by atoms with Crippen molar-refractivity contribution in [2.45, 2.75) is 18.8 Å². The second-order valence-electron chi connectivity index (χ2n) is 6.73. The molecule has 1 aliphatic rings.